The molecule has 1 N–H and O–H groups in total. The molecule has 3 unspecified atom stereocenters. The van der Waals surface area contributed by atoms with Crippen LogP contribution in [0.25, 0.3) is 0 Å². The molecule has 0 radical (unpaired) electrons. The number of nitrogens with one attached hydrogen (secondary N) is 1. The van der Waals surface area contributed by atoms with Gasteiger partial charge in [-0.15, -0.1) is 0 Å². The fourth-order valence-corrected chi connectivity index (χ4v) is 3.37. The van der Waals surface area contributed by atoms with Crippen LogP contribution in [0.15, 0.2) is 24.3 Å². The smallest absolute Gasteiger partial charge is 0.122 e. The maximum Gasteiger partial charge on any atom is 0.122 e. The Morgan fingerprint density at radius 3 is 2.79 bits per heavy atom. The van der Waals surface area contributed by atoms with Crippen molar-refractivity contribution in [2.75, 3.05) is 20.2 Å². The zero-order chi connectivity index (χ0) is 13.7. The Morgan fingerprint density at radius 1 is 1.26 bits per heavy atom. The van der Waals surface area contributed by atoms with Crippen molar-refractivity contribution in [3.05, 3.63) is 29.8 Å². The molecule has 0 aromatic heterocycles. The van der Waals surface area contributed by atoms with Crippen molar-refractivity contribution in [1.29, 1.82) is 0 Å². The van der Waals surface area contributed by atoms with Crippen molar-refractivity contribution >= 4 is 0 Å². The van der Waals surface area contributed by atoms with Gasteiger partial charge in [-0.25, -0.2) is 0 Å². The van der Waals surface area contributed by atoms with Gasteiger partial charge in [0.2, 0.25) is 0 Å². The van der Waals surface area contributed by atoms with Crippen LogP contribution in [0.2, 0.25) is 0 Å². The molecule has 1 aliphatic carbocycles. The van der Waals surface area contributed by atoms with Gasteiger partial charge in [0, 0.05) is 0 Å². The van der Waals surface area contributed by atoms with E-state index >= 15 is 0 Å². The molecule has 0 saturated heterocycles. The van der Waals surface area contributed by atoms with Crippen molar-refractivity contribution in [1.82, 2.24) is 5.32 Å². The van der Waals surface area contributed by atoms with Crippen LogP contribution in [-0.4, -0.2) is 20.2 Å². The molecule has 3 atom stereocenters. The van der Waals surface area contributed by atoms with Crippen LogP contribution in [0.5, 0.6) is 5.75 Å². The summed E-state index contributed by atoms with van der Waals surface area (Å²) in [4.78, 5) is 0. The molecular formula is C17H27NO. The minimum Gasteiger partial charge on any atom is -0.496 e. The van der Waals surface area contributed by atoms with Crippen molar-refractivity contribution < 1.29 is 4.74 Å². The lowest BCUT2D eigenvalue weighted by atomic mass is 9.71. The SMILES string of the molecule is CCNCC1CCC(C)CC1c1ccccc1OC. The first-order chi connectivity index (χ1) is 9.26. The quantitative estimate of drug-likeness (QED) is 0.870. The molecule has 0 bridgehead atoms. The van der Waals surface area contributed by atoms with E-state index in [1.54, 1.807) is 7.11 Å². The van der Waals surface area contributed by atoms with Gasteiger partial charge in [-0.05, 0) is 55.3 Å². The van der Waals surface area contributed by atoms with Crippen LogP contribution in [0.3, 0.4) is 0 Å². The normalized spacial score (nSPS) is 27.2. The molecular weight excluding hydrogens is 234 g/mol. The van der Waals surface area contributed by atoms with Crippen LogP contribution in [0, 0.1) is 11.8 Å². The Morgan fingerprint density at radius 2 is 2.05 bits per heavy atom. The number of benzene rings is 1. The first-order valence-corrected chi connectivity index (χ1v) is 7.59. The minimum absolute atomic E-state index is 0.638. The highest BCUT2D eigenvalue weighted by Gasteiger charge is 2.31. The van der Waals surface area contributed by atoms with E-state index in [0.29, 0.717) is 5.92 Å². The molecule has 2 nitrogen and oxygen atoms in total. The second-order valence-electron chi connectivity index (χ2n) is 5.83. The predicted molar refractivity (Wildman–Crippen MR) is 80.8 cm³/mol. The molecule has 0 heterocycles. The lowest BCUT2D eigenvalue weighted by Gasteiger charge is -2.36. The topological polar surface area (TPSA) is 21.3 Å². The Balaban J connectivity index is 2.20. The van der Waals surface area contributed by atoms with Crippen molar-refractivity contribution in [3.8, 4) is 5.75 Å². The molecule has 2 rings (SSSR count). The third kappa shape index (κ3) is 3.50. The van der Waals surface area contributed by atoms with Gasteiger partial charge in [0.15, 0.2) is 0 Å². The van der Waals surface area contributed by atoms with E-state index in [-0.39, 0.29) is 0 Å². The number of hydrogen-bond donors (Lipinski definition) is 1. The van der Waals surface area contributed by atoms with Crippen LogP contribution in [0.1, 0.15) is 44.6 Å². The van der Waals surface area contributed by atoms with E-state index in [4.69, 9.17) is 4.74 Å². The third-order valence-electron chi connectivity index (χ3n) is 4.45. The first-order valence-electron chi connectivity index (χ1n) is 7.59. The van der Waals surface area contributed by atoms with Crippen molar-refractivity contribution in [2.24, 2.45) is 11.8 Å². The summed E-state index contributed by atoms with van der Waals surface area (Å²) in [5, 5.41) is 3.53. The van der Waals surface area contributed by atoms with Gasteiger partial charge in [-0.1, -0.05) is 38.5 Å². The summed E-state index contributed by atoms with van der Waals surface area (Å²) in [6, 6.07) is 8.55. The summed E-state index contributed by atoms with van der Waals surface area (Å²) in [7, 11) is 1.78. The molecule has 106 valence electrons. The van der Waals surface area contributed by atoms with Gasteiger partial charge >= 0.3 is 0 Å². The molecule has 2 heteroatoms. The van der Waals surface area contributed by atoms with E-state index in [1.807, 2.05) is 0 Å². The third-order valence-corrected chi connectivity index (χ3v) is 4.45. The van der Waals surface area contributed by atoms with Gasteiger partial charge in [-0.3, -0.25) is 0 Å². The average molecular weight is 261 g/mol. The monoisotopic (exact) mass is 261 g/mol. The van der Waals surface area contributed by atoms with Crippen LogP contribution >= 0.6 is 0 Å². The number of hydrogen-bond acceptors (Lipinski definition) is 2. The number of para-hydroxylation sites is 1. The summed E-state index contributed by atoms with van der Waals surface area (Å²) in [5.41, 5.74) is 1.40. The summed E-state index contributed by atoms with van der Waals surface area (Å²) in [5.74, 6) is 3.27. The molecule has 1 saturated carbocycles. The maximum absolute atomic E-state index is 5.57. The Kier molecular flexibility index (Phi) is 5.26. The molecule has 19 heavy (non-hydrogen) atoms. The van der Waals surface area contributed by atoms with Crippen LogP contribution in [0.4, 0.5) is 0 Å². The molecule has 1 aliphatic rings. The molecule has 1 aromatic rings. The van der Waals surface area contributed by atoms with Gasteiger partial charge in [0.05, 0.1) is 7.11 Å². The van der Waals surface area contributed by atoms with Crippen LogP contribution < -0.4 is 10.1 Å². The molecule has 1 aromatic carbocycles. The fraction of sp³-hybridized carbons (Fsp3) is 0.647. The molecule has 0 spiro atoms. The highest BCUT2D eigenvalue weighted by molar-refractivity contribution is 5.37. The van der Waals surface area contributed by atoms with Crippen molar-refractivity contribution in [2.45, 2.75) is 39.0 Å². The fourth-order valence-electron chi connectivity index (χ4n) is 3.37. The number of rotatable bonds is 5. The standard InChI is InChI=1S/C17H27NO/c1-4-18-12-14-10-9-13(2)11-16(14)15-7-5-6-8-17(15)19-3/h5-8,13-14,16,18H,4,9-12H2,1-3H3. The Labute approximate surface area is 117 Å². The highest BCUT2D eigenvalue weighted by Crippen LogP contribution is 2.43. The van der Waals surface area contributed by atoms with E-state index in [9.17, 15) is 0 Å². The van der Waals surface area contributed by atoms with Gasteiger partial charge in [0.25, 0.3) is 0 Å². The second kappa shape index (κ2) is 6.95. The Bertz CT molecular complexity index is 389. The average Bonchev–Trinajstić information content (AvgIpc) is 2.46. The van der Waals surface area contributed by atoms with Gasteiger partial charge in [0.1, 0.15) is 5.75 Å². The number of ether oxygens (including phenoxy) is 1. The molecule has 1 fully saturated rings. The van der Waals surface area contributed by atoms with E-state index in [1.165, 1.54) is 24.8 Å². The first kappa shape index (κ1) is 14.4. The summed E-state index contributed by atoms with van der Waals surface area (Å²) in [6.45, 7) is 6.76. The lowest BCUT2D eigenvalue weighted by molar-refractivity contribution is 0.238. The summed E-state index contributed by atoms with van der Waals surface area (Å²) < 4.78 is 5.57. The van der Waals surface area contributed by atoms with Gasteiger partial charge in [-0.2, -0.15) is 0 Å². The maximum atomic E-state index is 5.57. The highest BCUT2D eigenvalue weighted by atomic mass is 16.5. The Hall–Kier alpha value is -1.02. The second-order valence-corrected chi connectivity index (χ2v) is 5.83. The van der Waals surface area contributed by atoms with E-state index in [2.05, 4.69) is 43.4 Å². The summed E-state index contributed by atoms with van der Waals surface area (Å²) >= 11 is 0. The largest absolute Gasteiger partial charge is 0.496 e. The minimum atomic E-state index is 0.638. The van der Waals surface area contributed by atoms with Gasteiger partial charge < -0.3 is 10.1 Å². The van der Waals surface area contributed by atoms with E-state index in [0.717, 1.165) is 30.7 Å². The predicted octanol–water partition coefficient (Wildman–Crippen LogP) is 3.82. The zero-order valence-corrected chi connectivity index (χ0v) is 12.5. The number of methoxy groups -OCH3 is 1. The van der Waals surface area contributed by atoms with Crippen LogP contribution in [-0.2, 0) is 0 Å². The van der Waals surface area contributed by atoms with Crippen molar-refractivity contribution in [3.63, 3.8) is 0 Å². The molecule has 0 aliphatic heterocycles. The summed E-state index contributed by atoms with van der Waals surface area (Å²) in [6.07, 6.45) is 3.98. The zero-order valence-electron chi connectivity index (χ0n) is 12.5. The van der Waals surface area contributed by atoms with E-state index < -0.39 is 0 Å². The lowest BCUT2D eigenvalue weighted by Crippen LogP contribution is -2.31. The molecule has 0 amide bonds.